The first-order chi connectivity index (χ1) is 8.88. The second-order valence-electron chi connectivity index (χ2n) is 4.82. The van der Waals surface area contributed by atoms with Crippen molar-refractivity contribution in [1.29, 1.82) is 0 Å². The van der Waals surface area contributed by atoms with E-state index < -0.39 is 0 Å². The largest absolute Gasteiger partial charge is 0.354 e. The maximum Gasteiger partial charge on any atom is 0.322 e. The Morgan fingerprint density at radius 3 is 2.68 bits per heavy atom. The minimum absolute atomic E-state index is 0.0809. The maximum absolute atomic E-state index is 11.6. The van der Waals surface area contributed by atoms with Gasteiger partial charge in [-0.3, -0.25) is 10.1 Å². The van der Waals surface area contributed by atoms with Crippen LogP contribution in [0.15, 0.2) is 6.20 Å². The van der Waals surface area contributed by atoms with Gasteiger partial charge in [-0.2, -0.15) is 0 Å². The molecule has 0 aliphatic rings. The van der Waals surface area contributed by atoms with E-state index in [2.05, 4.69) is 20.9 Å². The molecule has 19 heavy (non-hydrogen) atoms. The summed E-state index contributed by atoms with van der Waals surface area (Å²) in [6, 6.07) is -0.295. The molecule has 8 nitrogen and oxygen atoms in total. The summed E-state index contributed by atoms with van der Waals surface area (Å²) in [5.41, 5.74) is 0. The Morgan fingerprint density at radius 1 is 1.42 bits per heavy atom. The Morgan fingerprint density at radius 2 is 2.11 bits per heavy atom. The summed E-state index contributed by atoms with van der Waals surface area (Å²) in [6.45, 7) is 4.74. The first-order valence-corrected chi connectivity index (χ1v) is 6.03. The number of urea groups is 1. The van der Waals surface area contributed by atoms with Crippen LogP contribution in [0.5, 0.6) is 0 Å². The molecule has 3 amide bonds. The van der Waals surface area contributed by atoms with Gasteiger partial charge < -0.3 is 10.2 Å². The standard InChI is InChI=1S/C11H20N6O2/c1-8(2)5-12-10(18)7-17-6-9(14-15-17)13-11(19)16(3)4/h6,8H,5,7H2,1-4H3,(H,12,18)(H,13,19). The van der Waals surface area contributed by atoms with Gasteiger partial charge in [0.2, 0.25) is 5.91 Å². The third kappa shape index (κ3) is 5.36. The lowest BCUT2D eigenvalue weighted by Gasteiger charge is -2.09. The number of nitrogens with zero attached hydrogens (tertiary/aromatic N) is 4. The number of carbonyl (C=O) groups excluding carboxylic acids is 2. The molecule has 0 saturated heterocycles. The molecule has 0 fully saturated rings. The van der Waals surface area contributed by atoms with E-state index in [-0.39, 0.29) is 18.5 Å². The Bertz CT molecular complexity index is 440. The zero-order chi connectivity index (χ0) is 14.4. The van der Waals surface area contributed by atoms with Gasteiger partial charge in [-0.25, -0.2) is 9.48 Å². The molecule has 0 radical (unpaired) electrons. The van der Waals surface area contributed by atoms with Crippen molar-refractivity contribution in [3.63, 3.8) is 0 Å². The molecule has 1 heterocycles. The number of anilines is 1. The monoisotopic (exact) mass is 268 g/mol. The van der Waals surface area contributed by atoms with Crippen molar-refractivity contribution in [2.75, 3.05) is 26.0 Å². The SMILES string of the molecule is CC(C)CNC(=O)Cn1cc(NC(=O)N(C)C)nn1. The number of aromatic nitrogens is 3. The number of hydrogen-bond donors (Lipinski definition) is 2. The quantitative estimate of drug-likeness (QED) is 0.794. The van der Waals surface area contributed by atoms with Gasteiger partial charge >= 0.3 is 6.03 Å². The Kier molecular flexibility index (Phi) is 5.28. The van der Waals surface area contributed by atoms with Gasteiger partial charge in [0.15, 0.2) is 5.82 Å². The molecule has 8 heteroatoms. The normalized spacial score (nSPS) is 10.4. The zero-order valence-electron chi connectivity index (χ0n) is 11.7. The summed E-state index contributed by atoms with van der Waals surface area (Å²) >= 11 is 0. The summed E-state index contributed by atoms with van der Waals surface area (Å²) in [7, 11) is 3.25. The lowest BCUT2D eigenvalue weighted by Crippen LogP contribution is -2.30. The third-order valence-electron chi connectivity index (χ3n) is 2.19. The molecule has 0 spiro atoms. The molecule has 1 aromatic heterocycles. The zero-order valence-corrected chi connectivity index (χ0v) is 11.7. The van der Waals surface area contributed by atoms with Crippen molar-refractivity contribution in [3.05, 3.63) is 6.20 Å². The van der Waals surface area contributed by atoms with Crippen LogP contribution in [0.25, 0.3) is 0 Å². The van der Waals surface area contributed by atoms with Crippen LogP contribution in [0.4, 0.5) is 10.6 Å². The van der Waals surface area contributed by atoms with Crippen molar-refractivity contribution in [1.82, 2.24) is 25.2 Å². The van der Waals surface area contributed by atoms with Crippen LogP contribution in [0, 0.1) is 5.92 Å². The summed E-state index contributed by atoms with van der Waals surface area (Å²) in [6.07, 6.45) is 1.51. The van der Waals surface area contributed by atoms with Crippen LogP contribution in [0.3, 0.4) is 0 Å². The average molecular weight is 268 g/mol. The van der Waals surface area contributed by atoms with Crippen molar-refractivity contribution in [2.24, 2.45) is 5.92 Å². The van der Waals surface area contributed by atoms with Crippen LogP contribution in [0.2, 0.25) is 0 Å². The predicted molar refractivity (Wildman–Crippen MR) is 70.6 cm³/mol. The highest BCUT2D eigenvalue weighted by Gasteiger charge is 2.09. The second kappa shape index (κ2) is 6.72. The van der Waals surface area contributed by atoms with Crippen molar-refractivity contribution in [3.8, 4) is 0 Å². The van der Waals surface area contributed by atoms with Gasteiger partial charge in [0, 0.05) is 20.6 Å². The predicted octanol–water partition coefficient (Wildman–Crippen LogP) is 0.144. The third-order valence-corrected chi connectivity index (χ3v) is 2.19. The number of amides is 3. The van der Waals surface area contributed by atoms with E-state index in [1.165, 1.54) is 15.8 Å². The Hall–Kier alpha value is -2.12. The number of rotatable bonds is 5. The number of nitrogens with one attached hydrogen (secondary N) is 2. The van der Waals surface area contributed by atoms with E-state index in [1.54, 1.807) is 14.1 Å². The van der Waals surface area contributed by atoms with Gasteiger partial charge in [0.05, 0.1) is 6.20 Å². The first-order valence-electron chi connectivity index (χ1n) is 6.03. The fourth-order valence-corrected chi connectivity index (χ4v) is 1.18. The average Bonchev–Trinajstić information content (AvgIpc) is 2.73. The van der Waals surface area contributed by atoms with Crippen LogP contribution >= 0.6 is 0 Å². The molecule has 0 unspecified atom stereocenters. The van der Waals surface area contributed by atoms with E-state index in [1.807, 2.05) is 13.8 Å². The smallest absolute Gasteiger partial charge is 0.322 e. The molecular formula is C11H20N6O2. The van der Waals surface area contributed by atoms with E-state index >= 15 is 0 Å². The first kappa shape index (κ1) is 14.9. The lowest BCUT2D eigenvalue weighted by molar-refractivity contribution is -0.122. The Labute approximate surface area is 112 Å². The van der Waals surface area contributed by atoms with Crippen molar-refractivity contribution >= 4 is 17.8 Å². The molecule has 0 aliphatic carbocycles. The van der Waals surface area contributed by atoms with E-state index in [0.717, 1.165) is 0 Å². The molecule has 0 aromatic carbocycles. The number of hydrogen-bond acceptors (Lipinski definition) is 4. The molecular weight excluding hydrogens is 248 g/mol. The molecule has 0 aliphatic heterocycles. The molecule has 106 valence electrons. The van der Waals surface area contributed by atoms with E-state index in [0.29, 0.717) is 18.3 Å². The van der Waals surface area contributed by atoms with Gasteiger partial charge in [0.25, 0.3) is 0 Å². The van der Waals surface area contributed by atoms with Crippen LogP contribution < -0.4 is 10.6 Å². The molecule has 0 saturated carbocycles. The molecule has 2 N–H and O–H groups in total. The van der Waals surface area contributed by atoms with Gasteiger partial charge in [-0.05, 0) is 5.92 Å². The van der Waals surface area contributed by atoms with E-state index in [4.69, 9.17) is 0 Å². The lowest BCUT2D eigenvalue weighted by atomic mass is 10.2. The van der Waals surface area contributed by atoms with Crippen LogP contribution in [0.1, 0.15) is 13.8 Å². The van der Waals surface area contributed by atoms with Crippen LogP contribution in [-0.2, 0) is 11.3 Å². The summed E-state index contributed by atoms with van der Waals surface area (Å²) in [5, 5.41) is 12.9. The highest BCUT2D eigenvalue weighted by atomic mass is 16.2. The molecule has 1 aromatic rings. The molecule has 1 rings (SSSR count). The fraction of sp³-hybridized carbons (Fsp3) is 0.636. The topological polar surface area (TPSA) is 92.2 Å². The minimum atomic E-state index is -0.295. The fourth-order valence-electron chi connectivity index (χ4n) is 1.18. The summed E-state index contributed by atoms with van der Waals surface area (Å²) < 4.78 is 1.38. The number of carbonyl (C=O) groups is 2. The van der Waals surface area contributed by atoms with Gasteiger partial charge in [-0.15, -0.1) is 5.10 Å². The minimum Gasteiger partial charge on any atom is -0.354 e. The van der Waals surface area contributed by atoms with Gasteiger partial charge in [0.1, 0.15) is 6.54 Å². The highest BCUT2D eigenvalue weighted by Crippen LogP contribution is 2.00. The maximum atomic E-state index is 11.6. The van der Waals surface area contributed by atoms with Crippen molar-refractivity contribution in [2.45, 2.75) is 20.4 Å². The summed E-state index contributed by atoms with van der Waals surface area (Å²) in [4.78, 5) is 24.3. The molecule has 0 bridgehead atoms. The van der Waals surface area contributed by atoms with Crippen LogP contribution in [-0.4, -0.2) is 52.5 Å². The molecule has 0 atom stereocenters. The second-order valence-corrected chi connectivity index (χ2v) is 4.82. The highest BCUT2D eigenvalue weighted by molar-refractivity contribution is 5.87. The van der Waals surface area contributed by atoms with E-state index in [9.17, 15) is 9.59 Å². The Balaban J connectivity index is 2.46. The van der Waals surface area contributed by atoms with Gasteiger partial charge in [-0.1, -0.05) is 19.1 Å². The van der Waals surface area contributed by atoms with Crippen molar-refractivity contribution < 1.29 is 9.59 Å². The summed E-state index contributed by atoms with van der Waals surface area (Å²) in [5.74, 6) is 0.578.